The minimum absolute atomic E-state index is 0.0721. The van der Waals surface area contributed by atoms with Crippen LogP contribution in [0.15, 0.2) is 46.7 Å². The smallest absolute Gasteiger partial charge is 0.222 e. The van der Waals surface area contributed by atoms with Gasteiger partial charge in [0.25, 0.3) is 0 Å². The second kappa shape index (κ2) is 5.88. The third-order valence-electron chi connectivity index (χ3n) is 5.58. The van der Waals surface area contributed by atoms with Crippen LogP contribution in [0.2, 0.25) is 0 Å². The Bertz CT molecular complexity index is 779. The van der Waals surface area contributed by atoms with E-state index in [2.05, 4.69) is 35.1 Å². The number of fused-ring (bicyclic) bond motifs is 3. The van der Waals surface area contributed by atoms with Crippen molar-refractivity contribution in [1.29, 1.82) is 0 Å². The lowest BCUT2D eigenvalue weighted by Crippen LogP contribution is -2.56. The monoisotopic (exact) mass is 339 g/mol. The first-order valence-corrected chi connectivity index (χ1v) is 9.23. The first kappa shape index (κ1) is 15.6. The Morgan fingerprint density at radius 3 is 2.83 bits per heavy atom. The summed E-state index contributed by atoms with van der Waals surface area (Å²) in [5.41, 5.74) is 2.90. The molecule has 24 heavy (non-hydrogen) atoms. The van der Waals surface area contributed by atoms with Crippen molar-refractivity contribution in [2.75, 3.05) is 7.05 Å². The van der Waals surface area contributed by atoms with E-state index in [9.17, 15) is 4.79 Å². The maximum atomic E-state index is 12.1. The molecule has 1 fully saturated rings. The van der Waals surface area contributed by atoms with Crippen LogP contribution in [0, 0.1) is 0 Å². The van der Waals surface area contributed by atoms with E-state index in [1.54, 1.807) is 24.2 Å². The Labute approximate surface area is 146 Å². The highest BCUT2D eigenvalue weighted by atomic mass is 32.2. The number of hydrogen-bond acceptors (Lipinski definition) is 4. The van der Waals surface area contributed by atoms with E-state index in [1.807, 2.05) is 18.0 Å². The van der Waals surface area contributed by atoms with Crippen LogP contribution in [0.3, 0.4) is 0 Å². The summed E-state index contributed by atoms with van der Waals surface area (Å²) in [5.74, 6) is 0.286. The topological polar surface area (TPSA) is 46.1 Å². The van der Waals surface area contributed by atoms with Gasteiger partial charge in [0.2, 0.25) is 5.91 Å². The fraction of sp³-hybridized carbons (Fsp3) is 0.421. The molecular weight excluding hydrogens is 318 g/mol. The number of aromatic nitrogens is 2. The molecule has 1 aromatic heterocycles. The van der Waals surface area contributed by atoms with Crippen LogP contribution in [-0.4, -0.2) is 33.9 Å². The molecule has 1 aromatic carbocycles. The average Bonchev–Trinajstić information content (AvgIpc) is 2.59. The second-order valence-corrected chi connectivity index (χ2v) is 7.97. The Kier molecular flexibility index (Phi) is 3.83. The molecule has 2 atom stereocenters. The molecule has 4 rings (SSSR count). The first-order chi connectivity index (χ1) is 11.6. The van der Waals surface area contributed by atoms with Gasteiger partial charge in [0, 0.05) is 42.2 Å². The van der Waals surface area contributed by atoms with E-state index in [4.69, 9.17) is 0 Å². The number of carbonyl (C=O) groups excluding carboxylic acids is 1. The molecule has 2 aromatic rings. The van der Waals surface area contributed by atoms with E-state index in [0.717, 1.165) is 24.4 Å². The fourth-order valence-corrected chi connectivity index (χ4v) is 5.05. The molecule has 0 saturated carbocycles. The third kappa shape index (κ3) is 2.51. The van der Waals surface area contributed by atoms with Gasteiger partial charge < -0.3 is 4.90 Å². The molecule has 1 aliphatic carbocycles. The summed E-state index contributed by atoms with van der Waals surface area (Å²) in [6.45, 7) is 2.33. The molecule has 4 nitrogen and oxygen atoms in total. The molecule has 0 N–H and O–H groups in total. The minimum Gasteiger partial charge on any atom is -0.342 e. The van der Waals surface area contributed by atoms with Crippen LogP contribution >= 0.6 is 11.8 Å². The Morgan fingerprint density at radius 1 is 1.25 bits per heavy atom. The SMILES string of the molecule is CN1C(=O)CC[C@]2(C)c3ccc(Sc4ncccn4)cc3CC[C@@H]12. The molecule has 0 radical (unpaired) electrons. The molecule has 0 spiro atoms. The van der Waals surface area contributed by atoms with Crippen molar-refractivity contribution >= 4 is 17.7 Å². The van der Waals surface area contributed by atoms with Crippen molar-refractivity contribution in [1.82, 2.24) is 14.9 Å². The van der Waals surface area contributed by atoms with Crippen LogP contribution in [0.1, 0.15) is 37.3 Å². The minimum atomic E-state index is 0.0721. The van der Waals surface area contributed by atoms with E-state index in [1.165, 1.54) is 16.0 Å². The average molecular weight is 339 g/mol. The number of hydrogen-bond donors (Lipinski definition) is 0. The van der Waals surface area contributed by atoms with Gasteiger partial charge in [-0.15, -0.1) is 0 Å². The van der Waals surface area contributed by atoms with Gasteiger partial charge in [-0.05, 0) is 60.4 Å². The zero-order chi connectivity index (χ0) is 16.7. The number of piperidine rings is 1. The van der Waals surface area contributed by atoms with Gasteiger partial charge in [0.1, 0.15) is 0 Å². The molecule has 2 aliphatic rings. The van der Waals surface area contributed by atoms with Gasteiger partial charge in [-0.25, -0.2) is 9.97 Å². The van der Waals surface area contributed by atoms with Crippen molar-refractivity contribution < 1.29 is 4.79 Å². The molecule has 124 valence electrons. The zero-order valence-corrected chi connectivity index (χ0v) is 14.8. The van der Waals surface area contributed by atoms with Crippen molar-refractivity contribution in [2.45, 2.75) is 54.1 Å². The molecule has 2 heterocycles. The number of likely N-dealkylation sites (tertiary alicyclic amines) is 1. The molecule has 1 amide bonds. The van der Waals surface area contributed by atoms with Gasteiger partial charge in [0.05, 0.1) is 0 Å². The number of benzene rings is 1. The number of likely N-dealkylation sites (N-methyl/N-ethyl adjacent to an activating group) is 1. The van der Waals surface area contributed by atoms with Crippen LogP contribution in [0.5, 0.6) is 0 Å². The standard InChI is InChI=1S/C19H21N3OS/c1-19-9-8-17(23)22(2)16(19)7-4-13-12-14(5-6-15(13)19)24-18-20-10-3-11-21-18/h3,5-6,10-12,16H,4,7-9H2,1-2H3/t16-,19-/m1/s1. The summed E-state index contributed by atoms with van der Waals surface area (Å²) < 4.78 is 0. The van der Waals surface area contributed by atoms with Gasteiger partial charge in [0.15, 0.2) is 5.16 Å². The van der Waals surface area contributed by atoms with E-state index >= 15 is 0 Å². The number of amides is 1. The largest absolute Gasteiger partial charge is 0.342 e. The highest BCUT2D eigenvalue weighted by Crippen LogP contribution is 2.46. The highest BCUT2D eigenvalue weighted by molar-refractivity contribution is 7.99. The summed E-state index contributed by atoms with van der Waals surface area (Å²) in [7, 11) is 1.96. The number of carbonyl (C=O) groups is 1. The summed E-state index contributed by atoms with van der Waals surface area (Å²) in [4.78, 5) is 23.8. The molecule has 1 aliphatic heterocycles. The molecule has 1 saturated heterocycles. The number of nitrogens with zero attached hydrogens (tertiary/aromatic N) is 3. The van der Waals surface area contributed by atoms with Gasteiger partial charge >= 0.3 is 0 Å². The molecule has 0 unspecified atom stereocenters. The van der Waals surface area contributed by atoms with E-state index in [0.29, 0.717) is 12.5 Å². The predicted octanol–water partition coefficient (Wildman–Crippen LogP) is 3.45. The number of rotatable bonds is 2. The fourth-order valence-electron chi connectivity index (χ4n) is 4.27. The summed E-state index contributed by atoms with van der Waals surface area (Å²) >= 11 is 1.60. The first-order valence-electron chi connectivity index (χ1n) is 8.42. The Hall–Kier alpha value is -1.88. The Morgan fingerprint density at radius 2 is 2.04 bits per heavy atom. The Balaban J connectivity index is 1.66. The molecular formula is C19H21N3OS. The number of aryl methyl sites for hydroxylation is 1. The normalized spacial score (nSPS) is 26.0. The van der Waals surface area contributed by atoms with Crippen LogP contribution in [0.25, 0.3) is 0 Å². The van der Waals surface area contributed by atoms with Gasteiger partial charge in [-0.1, -0.05) is 13.0 Å². The van der Waals surface area contributed by atoms with Crippen molar-refractivity contribution in [3.8, 4) is 0 Å². The summed E-state index contributed by atoms with van der Waals surface area (Å²) in [6, 6.07) is 8.87. The quantitative estimate of drug-likeness (QED) is 0.786. The second-order valence-electron chi connectivity index (χ2n) is 6.93. The summed E-state index contributed by atoms with van der Waals surface area (Å²) in [5, 5.41) is 0.778. The van der Waals surface area contributed by atoms with Crippen molar-refractivity contribution in [2.24, 2.45) is 0 Å². The lowest BCUT2D eigenvalue weighted by atomic mass is 9.63. The van der Waals surface area contributed by atoms with Crippen LogP contribution < -0.4 is 0 Å². The van der Waals surface area contributed by atoms with Crippen molar-refractivity contribution in [3.05, 3.63) is 47.8 Å². The van der Waals surface area contributed by atoms with E-state index in [-0.39, 0.29) is 11.3 Å². The lowest BCUT2D eigenvalue weighted by molar-refractivity contribution is -0.138. The van der Waals surface area contributed by atoms with Gasteiger partial charge in [-0.2, -0.15) is 0 Å². The van der Waals surface area contributed by atoms with Crippen LogP contribution in [0.4, 0.5) is 0 Å². The molecule has 0 bridgehead atoms. The summed E-state index contributed by atoms with van der Waals surface area (Å²) in [6.07, 6.45) is 7.21. The maximum absolute atomic E-state index is 12.1. The van der Waals surface area contributed by atoms with Crippen molar-refractivity contribution in [3.63, 3.8) is 0 Å². The maximum Gasteiger partial charge on any atom is 0.222 e. The lowest BCUT2D eigenvalue weighted by Gasteiger charge is -2.50. The van der Waals surface area contributed by atoms with Gasteiger partial charge in [-0.3, -0.25) is 4.79 Å². The molecule has 5 heteroatoms. The highest BCUT2D eigenvalue weighted by Gasteiger charge is 2.46. The third-order valence-corrected chi connectivity index (χ3v) is 6.47. The van der Waals surface area contributed by atoms with Crippen LogP contribution in [-0.2, 0) is 16.6 Å². The van der Waals surface area contributed by atoms with E-state index < -0.39 is 0 Å². The zero-order valence-electron chi connectivity index (χ0n) is 14.0. The predicted molar refractivity (Wildman–Crippen MR) is 94.1 cm³/mol.